The third kappa shape index (κ3) is 6.42. The van der Waals surface area contributed by atoms with Gasteiger partial charge in [0.2, 0.25) is 5.91 Å². The maximum atomic E-state index is 12.4. The quantitative estimate of drug-likeness (QED) is 0.489. The number of nitrogens with zero attached hydrogens (tertiary/aromatic N) is 4. The van der Waals surface area contributed by atoms with Gasteiger partial charge in [-0.15, -0.1) is 10.2 Å². The Hall–Kier alpha value is -2.67. The fourth-order valence-corrected chi connectivity index (χ4v) is 3.86. The first-order valence-corrected chi connectivity index (χ1v) is 11.3. The molecule has 0 spiro atoms. The number of hydrogen-bond donors (Lipinski definition) is 1. The van der Waals surface area contributed by atoms with Crippen molar-refractivity contribution < 1.29 is 4.79 Å². The zero-order chi connectivity index (χ0) is 21.3. The van der Waals surface area contributed by atoms with Gasteiger partial charge >= 0.3 is 0 Å². The summed E-state index contributed by atoms with van der Waals surface area (Å²) in [5, 5.41) is 12.6. The Morgan fingerprint density at radius 3 is 2.57 bits per heavy atom. The standard InChI is InChI=1S/C23H29N5OS/c1-17(2)11-12-18(3)25-21(29)16-30-23-27-26-22(20-10-7-13-24-14-20)28(23)15-19-8-5-4-6-9-19/h4-10,13-14,17-18H,11-12,15-16H2,1-3H3,(H,25,29)/t18-/m1/s1. The molecule has 2 aromatic heterocycles. The first kappa shape index (κ1) is 22.0. The van der Waals surface area contributed by atoms with Crippen molar-refractivity contribution in [2.24, 2.45) is 5.92 Å². The van der Waals surface area contributed by atoms with Gasteiger partial charge < -0.3 is 5.32 Å². The number of amides is 1. The molecule has 1 atom stereocenters. The van der Waals surface area contributed by atoms with E-state index in [1.807, 2.05) is 34.9 Å². The van der Waals surface area contributed by atoms with Crippen LogP contribution in [0.15, 0.2) is 60.0 Å². The van der Waals surface area contributed by atoms with Crippen LogP contribution in [-0.2, 0) is 11.3 Å². The summed E-state index contributed by atoms with van der Waals surface area (Å²) in [7, 11) is 0. The molecule has 3 aromatic rings. The number of carbonyl (C=O) groups is 1. The Morgan fingerprint density at radius 2 is 1.87 bits per heavy atom. The van der Waals surface area contributed by atoms with Gasteiger partial charge in [0.25, 0.3) is 0 Å². The number of carbonyl (C=O) groups excluding carboxylic acids is 1. The maximum Gasteiger partial charge on any atom is 0.230 e. The van der Waals surface area contributed by atoms with E-state index in [0.29, 0.717) is 18.2 Å². The number of rotatable bonds is 10. The highest BCUT2D eigenvalue weighted by molar-refractivity contribution is 7.99. The molecular weight excluding hydrogens is 394 g/mol. The molecule has 0 saturated carbocycles. The molecule has 1 amide bonds. The molecule has 158 valence electrons. The van der Waals surface area contributed by atoms with Gasteiger partial charge in [-0.05, 0) is 43.4 Å². The zero-order valence-corrected chi connectivity index (χ0v) is 18.6. The minimum absolute atomic E-state index is 0.0217. The molecule has 7 heteroatoms. The van der Waals surface area contributed by atoms with E-state index in [2.05, 4.69) is 53.4 Å². The summed E-state index contributed by atoms with van der Waals surface area (Å²) >= 11 is 1.41. The fourth-order valence-electron chi connectivity index (χ4n) is 3.11. The second-order valence-electron chi connectivity index (χ2n) is 7.85. The Bertz CT molecular complexity index is 927. The number of benzene rings is 1. The summed E-state index contributed by atoms with van der Waals surface area (Å²) in [5.74, 6) is 1.72. The van der Waals surface area contributed by atoms with Gasteiger partial charge in [-0.25, -0.2) is 0 Å². The third-order valence-electron chi connectivity index (χ3n) is 4.74. The predicted octanol–water partition coefficient (Wildman–Crippen LogP) is 4.42. The lowest BCUT2D eigenvalue weighted by Crippen LogP contribution is -2.34. The average molecular weight is 424 g/mol. The van der Waals surface area contributed by atoms with Crippen LogP contribution >= 0.6 is 11.8 Å². The summed E-state index contributed by atoms with van der Waals surface area (Å²) in [5.41, 5.74) is 2.05. The van der Waals surface area contributed by atoms with Crippen molar-refractivity contribution >= 4 is 17.7 Å². The zero-order valence-electron chi connectivity index (χ0n) is 17.8. The normalized spacial score (nSPS) is 12.1. The number of nitrogens with one attached hydrogen (secondary N) is 1. The van der Waals surface area contributed by atoms with Crippen LogP contribution in [0, 0.1) is 5.92 Å². The van der Waals surface area contributed by atoms with E-state index >= 15 is 0 Å². The van der Waals surface area contributed by atoms with Crippen LogP contribution in [0.1, 0.15) is 39.2 Å². The van der Waals surface area contributed by atoms with Crippen molar-refractivity contribution in [3.8, 4) is 11.4 Å². The molecule has 0 aliphatic carbocycles. The molecule has 3 rings (SSSR count). The van der Waals surface area contributed by atoms with Crippen molar-refractivity contribution in [1.82, 2.24) is 25.1 Å². The van der Waals surface area contributed by atoms with Crippen LogP contribution in [-0.4, -0.2) is 37.5 Å². The average Bonchev–Trinajstić information content (AvgIpc) is 3.14. The molecule has 0 aliphatic rings. The van der Waals surface area contributed by atoms with Gasteiger partial charge in [0.05, 0.1) is 12.3 Å². The topological polar surface area (TPSA) is 72.7 Å². The first-order valence-electron chi connectivity index (χ1n) is 10.3. The monoisotopic (exact) mass is 423 g/mol. The number of hydrogen-bond acceptors (Lipinski definition) is 5. The third-order valence-corrected chi connectivity index (χ3v) is 5.70. The van der Waals surface area contributed by atoms with Crippen LogP contribution in [0.4, 0.5) is 0 Å². The SMILES string of the molecule is CC(C)CC[C@@H](C)NC(=O)CSc1nnc(-c2cccnc2)n1Cc1ccccc1. The number of aromatic nitrogens is 4. The van der Waals surface area contributed by atoms with Crippen molar-refractivity contribution in [2.45, 2.75) is 51.4 Å². The van der Waals surface area contributed by atoms with Gasteiger partial charge in [0, 0.05) is 24.0 Å². The molecule has 2 heterocycles. The summed E-state index contributed by atoms with van der Waals surface area (Å²) in [6.45, 7) is 7.09. The lowest BCUT2D eigenvalue weighted by atomic mass is 10.0. The van der Waals surface area contributed by atoms with Gasteiger partial charge in [-0.2, -0.15) is 0 Å². The molecule has 0 unspecified atom stereocenters. The molecule has 0 bridgehead atoms. The predicted molar refractivity (Wildman–Crippen MR) is 121 cm³/mol. The Balaban J connectivity index is 1.71. The second-order valence-corrected chi connectivity index (χ2v) is 8.79. The van der Waals surface area contributed by atoms with Gasteiger partial charge in [-0.1, -0.05) is 55.9 Å². The van der Waals surface area contributed by atoms with Crippen molar-refractivity contribution in [2.75, 3.05) is 5.75 Å². The van der Waals surface area contributed by atoms with E-state index in [4.69, 9.17) is 0 Å². The van der Waals surface area contributed by atoms with Crippen molar-refractivity contribution in [3.05, 3.63) is 60.4 Å². The molecule has 6 nitrogen and oxygen atoms in total. The van der Waals surface area contributed by atoms with Crippen LogP contribution < -0.4 is 5.32 Å². The highest BCUT2D eigenvalue weighted by atomic mass is 32.2. The summed E-state index contributed by atoms with van der Waals surface area (Å²) < 4.78 is 2.05. The van der Waals surface area contributed by atoms with E-state index in [0.717, 1.165) is 34.9 Å². The first-order chi connectivity index (χ1) is 14.5. The maximum absolute atomic E-state index is 12.4. The minimum atomic E-state index is 0.0217. The van der Waals surface area contributed by atoms with E-state index in [1.165, 1.54) is 11.8 Å². The smallest absolute Gasteiger partial charge is 0.230 e. The molecule has 0 radical (unpaired) electrons. The van der Waals surface area contributed by atoms with Crippen LogP contribution in [0.3, 0.4) is 0 Å². The summed E-state index contributed by atoms with van der Waals surface area (Å²) in [6.07, 6.45) is 5.61. The summed E-state index contributed by atoms with van der Waals surface area (Å²) in [6, 6.07) is 14.2. The van der Waals surface area contributed by atoms with Gasteiger partial charge in [0.15, 0.2) is 11.0 Å². The largest absolute Gasteiger partial charge is 0.353 e. The molecule has 0 fully saturated rings. The lowest BCUT2D eigenvalue weighted by Gasteiger charge is -2.15. The minimum Gasteiger partial charge on any atom is -0.353 e. The van der Waals surface area contributed by atoms with Gasteiger partial charge in [0.1, 0.15) is 0 Å². The molecule has 0 aliphatic heterocycles. The van der Waals surface area contributed by atoms with Crippen LogP contribution in [0.25, 0.3) is 11.4 Å². The highest BCUT2D eigenvalue weighted by Gasteiger charge is 2.17. The van der Waals surface area contributed by atoms with E-state index < -0.39 is 0 Å². The molecule has 1 aromatic carbocycles. The van der Waals surface area contributed by atoms with Crippen LogP contribution in [0.5, 0.6) is 0 Å². The fraction of sp³-hybridized carbons (Fsp3) is 0.391. The van der Waals surface area contributed by atoms with Crippen molar-refractivity contribution in [1.29, 1.82) is 0 Å². The Labute approximate surface area is 182 Å². The van der Waals surface area contributed by atoms with E-state index in [9.17, 15) is 4.79 Å². The molecule has 0 saturated heterocycles. The molecular formula is C23H29N5OS. The number of pyridine rings is 1. The number of thioether (sulfide) groups is 1. The Morgan fingerprint density at radius 1 is 1.07 bits per heavy atom. The van der Waals surface area contributed by atoms with Crippen LogP contribution in [0.2, 0.25) is 0 Å². The highest BCUT2D eigenvalue weighted by Crippen LogP contribution is 2.24. The Kier molecular flexibility index (Phi) is 8.02. The van der Waals surface area contributed by atoms with Crippen molar-refractivity contribution in [3.63, 3.8) is 0 Å². The van der Waals surface area contributed by atoms with E-state index in [-0.39, 0.29) is 11.9 Å². The second kappa shape index (κ2) is 10.9. The lowest BCUT2D eigenvalue weighted by molar-refractivity contribution is -0.119. The molecule has 30 heavy (non-hydrogen) atoms. The summed E-state index contributed by atoms with van der Waals surface area (Å²) in [4.78, 5) is 16.6. The molecule has 1 N–H and O–H groups in total. The van der Waals surface area contributed by atoms with Gasteiger partial charge in [-0.3, -0.25) is 14.3 Å². The van der Waals surface area contributed by atoms with E-state index in [1.54, 1.807) is 12.4 Å².